The van der Waals surface area contributed by atoms with Crippen LogP contribution in [0.1, 0.15) is 24.0 Å². The van der Waals surface area contributed by atoms with Gasteiger partial charge >= 0.3 is 0 Å². The number of aliphatic hydroxyl groups excluding tert-OH is 1. The largest absolute Gasteiger partial charge is 0.496 e. The van der Waals surface area contributed by atoms with E-state index in [1.807, 2.05) is 6.07 Å². The van der Waals surface area contributed by atoms with Gasteiger partial charge in [0.05, 0.1) is 13.2 Å². The van der Waals surface area contributed by atoms with E-state index < -0.39 is 0 Å². The quantitative estimate of drug-likeness (QED) is 0.267. The van der Waals surface area contributed by atoms with Gasteiger partial charge in [-0.05, 0) is 31.0 Å². The van der Waals surface area contributed by atoms with Gasteiger partial charge in [-0.25, -0.2) is 0 Å². The van der Waals surface area contributed by atoms with Gasteiger partial charge in [0.2, 0.25) is 0 Å². The Balaban J connectivity index is 2.07. The van der Waals surface area contributed by atoms with Gasteiger partial charge in [-0.15, -0.1) is 0 Å². The first kappa shape index (κ1) is 13.6. The van der Waals surface area contributed by atoms with E-state index in [0.29, 0.717) is 18.2 Å². The van der Waals surface area contributed by atoms with Crippen LogP contribution >= 0.6 is 0 Å². The number of hydrogen-bond donors (Lipinski definition) is 4. The molecule has 104 valence electrons. The number of amidine groups is 1. The number of aliphatic hydroxyl groups is 1. The van der Waals surface area contributed by atoms with Crippen LogP contribution in [0.15, 0.2) is 23.4 Å². The molecule has 0 saturated heterocycles. The van der Waals surface area contributed by atoms with Crippen LogP contribution in [0.5, 0.6) is 5.75 Å². The lowest BCUT2D eigenvalue weighted by Gasteiger charge is -2.32. The number of methoxy groups -OCH3 is 1. The Labute approximate surface area is 111 Å². The Bertz CT molecular complexity index is 470. The highest BCUT2D eigenvalue weighted by molar-refractivity contribution is 5.97. The van der Waals surface area contributed by atoms with Crippen molar-refractivity contribution in [2.24, 2.45) is 10.9 Å². The molecule has 19 heavy (non-hydrogen) atoms. The zero-order valence-electron chi connectivity index (χ0n) is 10.8. The maximum atomic E-state index is 9.24. The van der Waals surface area contributed by atoms with Gasteiger partial charge < -0.3 is 26.1 Å². The molecule has 0 aromatic heterocycles. The van der Waals surface area contributed by atoms with Crippen molar-refractivity contribution in [3.05, 3.63) is 29.3 Å². The van der Waals surface area contributed by atoms with E-state index in [0.717, 1.165) is 24.2 Å². The van der Waals surface area contributed by atoms with Gasteiger partial charge in [-0.3, -0.25) is 0 Å². The molecular weight excluding hydrogens is 246 g/mol. The molecule has 0 atom stereocenters. The van der Waals surface area contributed by atoms with Crippen LogP contribution in [0.3, 0.4) is 0 Å². The van der Waals surface area contributed by atoms with Crippen molar-refractivity contribution in [2.45, 2.75) is 31.5 Å². The predicted molar refractivity (Wildman–Crippen MR) is 71.4 cm³/mol. The lowest BCUT2D eigenvalue weighted by Crippen LogP contribution is -2.43. The Morgan fingerprint density at radius 1 is 1.53 bits per heavy atom. The summed E-state index contributed by atoms with van der Waals surface area (Å²) in [6.45, 7) is 0.618. The molecule has 2 rings (SSSR count). The molecule has 0 bridgehead atoms. The lowest BCUT2D eigenvalue weighted by atomic mass is 9.89. The molecule has 0 spiro atoms. The molecule has 0 unspecified atom stereocenters. The number of nitrogens with one attached hydrogen (secondary N) is 1. The van der Waals surface area contributed by atoms with Gasteiger partial charge in [0.1, 0.15) is 5.75 Å². The average molecular weight is 265 g/mol. The van der Waals surface area contributed by atoms with E-state index in [-0.39, 0.29) is 11.9 Å². The third kappa shape index (κ3) is 3.15. The third-order valence-electron chi connectivity index (χ3n) is 3.38. The second-order valence-corrected chi connectivity index (χ2v) is 4.71. The highest BCUT2D eigenvalue weighted by Crippen LogP contribution is 2.23. The number of nitrogens with two attached hydrogens (primary N) is 1. The standard InChI is InChI=1S/C13H19N3O3/c1-19-12-3-2-8(13(14)16-18)4-9(12)7-15-10-5-11(17)6-10/h2-4,10-11,15,17-18H,5-7H2,1H3,(H2,14,16). The smallest absolute Gasteiger partial charge is 0.170 e. The highest BCUT2D eigenvalue weighted by Gasteiger charge is 2.26. The number of rotatable bonds is 5. The van der Waals surface area contributed by atoms with Crippen molar-refractivity contribution >= 4 is 5.84 Å². The maximum absolute atomic E-state index is 9.24. The molecule has 1 fully saturated rings. The predicted octanol–water partition coefficient (Wildman–Crippen LogP) is 0.403. The van der Waals surface area contributed by atoms with Crippen molar-refractivity contribution in [3.63, 3.8) is 0 Å². The van der Waals surface area contributed by atoms with E-state index in [4.69, 9.17) is 15.7 Å². The molecule has 1 aromatic rings. The lowest BCUT2D eigenvalue weighted by molar-refractivity contribution is 0.0618. The minimum absolute atomic E-state index is 0.0722. The molecule has 5 N–H and O–H groups in total. The summed E-state index contributed by atoms with van der Waals surface area (Å²) in [5.74, 6) is 0.824. The summed E-state index contributed by atoms with van der Waals surface area (Å²) >= 11 is 0. The Morgan fingerprint density at radius 3 is 2.84 bits per heavy atom. The number of hydrogen-bond acceptors (Lipinski definition) is 5. The minimum Gasteiger partial charge on any atom is -0.496 e. The van der Waals surface area contributed by atoms with Crippen LogP contribution in [-0.2, 0) is 6.54 Å². The molecule has 6 nitrogen and oxygen atoms in total. The number of oxime groups is 1. The number of ether oxygens (including phenoxy) is 1. The van der Waals surface area contributed by atoms with E-state index >= 15 is 0 Å². The molecular formula is C13H19N3O3. The fourth-order valence-corrected chi connectivity index (χ4v) is 2.14. The van der Waals surface area contributed by atoms with Crippen LogP contribution in [0, 0.1) is 0 Å². The first-order chi connectivity index (χ1) is 9.13. The number of nitrogens with zero attached hydrogens (tertiary/aromatic N) is 1. The zero-order valence-corrected chi connectivity index (χ0v) is 10.8. The van der Waals surface area contributed by atoms with Crippen molar-refractivity contribution < 1.29 is 15.1 Å². The van der Waals surface area contributed by atoms with Crippen molar-refractivity contribution in [1.82, 2.24) is 5.32 Å². The van der Waals surface area contributed by atoms with Gasteiger partial charge in [0.15, 0.2) is 5.84 Å². The molecule has 0 radical (unpaired) electrons. The van der Waals surface area contributed by atoms with Gasteiger partial charge in [0, 0.05) is 23.7 Å². The van der Waals surface area contributed by atoms with Crippen molar-refractivity contribution in [2.75, 3.05) is 7.11 Å². The maximum Gasteiger partial charge on any atom is 0.170 e. The van der Waals surface area contributed by atoms with Crippen LogP contribution in [0.2, 0.25) is 0 Å². The van der Waals surface area contributed by atoms with E-state index in [9.17, 15) is 5.11 Å². The summed E-state index contributed by atoms with van der Waals surface area (Å²) < 4.78 is 5.29. The van der Waals surface area contributed by atoms with E-state index in [1.165, 1.54) is 0 Å². The molecule has 1 aliphatic rings. The van der Waals surface area contributed by atoms with E-state index in [1.54, 1.807) is 19.2 Å². The summed E-state index contributed by atoms with van der Waals surface area (Å²) in [4.78, 5) is 0. The molecule has 0 amide bonds. The van der Waals surface area contributed by atoms with Crippen LogP contribution < -0.4 is 15.8 Å². The van der Waals surface area contributed by atoms with Crippen LogP contribution in [0.25, 0.3) is 0 Å². The van der Waals surface area contributed by atoms with E-state index in [2.05, 4.69) is 10.5 Å². The average Bonchev–Trinajstić information content (AvgIpc) is 2.41. The zero-order chi connectivity index (χ0) is 13.8. The van der Waals surface area contributed by atoms with Gasteiger partial charge in [-0.2, -0.15) is 0 Å². The summed E-state index contributed by atoms with van der Waals surface area (Å²) in [5.41, 5.74) is 7.16. The monoisotopic (exact) mass is 265 g/mol. The SMILES string of the molecule is COc1ccc(/C(N)=N/O)cc1CNC1CC(O)C1. The Hall–Kier alpha value is -1.79. The second kappa shape index (κ2) is 5.90. The highest BCUT2D eigenvalue weighted by atomic mass is 16.5. The second-order valence-electron chi connectivity index (χ2n) is 4.71. The topological polar surface area (TPSA) is 100 Å². The molecule has 1 saturated carbocycles. The van der Waals surface area contributed by atoms with Gasteiger partial charge in [-0.1, -0.05) is 5.16 Å². The minimum atomic E-state index is -0.178. The Kier molecular flexibility index (Phi) is 4.24. The van der Waals surface area contributed by atoms with Crippen molar-refractivity contribution in [3.8, 4) is 5.75 Å². The van der Waals surface area contributed by atoms with Gasteiger partial charge in [0.25, 0.3) is 0 Å². The Morgan fingerprint density at radius 2 is 2.26 bits per heavy atom. The summed E-state index contributed by atoms with van der Waals surface area (Å²) in [6.07, 6.45) is 1.38. The first-order valence-corrected chi connectivity index (χ1v) is 6.20. The normalized spacial score (nSPS) is 22.9. The fraction of sp³-hybridized carbons (Fsp3) is 0.462. The molecule has 0 heterocycles. The first-order valence-electron chi connectivity index (χ1n) is 6.20. The molecule has 0 aliphatic heterocycles. The van der Waals surface area contributed by atoms with Crippen molar-refractivity contribution in [1.29, 1.82) is 0 Å². The number of benzene rings is 1. The molecule has 1 aromatic carbocycles. The third-order valence-corrected chi connectivity index (χ3v) is 3.38. The molecule has 6 heteroatoms. The van der Waals surface area contributed by atoms with Crippen LogP contribution in [-0.4, -0.2) is 35.4 Å². The summed E-state index contributed by atoms with van der Waals surface area (Å²) in [5, 5.41) is 24.3. The fourth-order valence-electron chi connectivity index (χ4n) is 2.14. The molecule has 1 aliphatic carbocycles. The summed E-state index contributed by atoms with van der Waals surface area (Å²) in [6, 6.07) is 5.70. The van der Waals surface area contributed by atoms with Crippen LogP contribution in [0.4, 0.5) is 0 Å². The summed E-state index contributed by atoms with van der Waals surface area (Å²) in [7, 11) is 1.61.